The number of allylic oxidation sites excluding steroid dienone is 2. The second-order valence-electron chi connectivity index (χ2n) is 7.11. The summed E-state index contributed by atoms with van der Waals surface area (Å²) in [5.41, 5.74) is 5.60. The summed E-state index contributed by atoms with van der Waals surface area (Å²) in [5.74, 6) is 0.546. The molecule has 2 N–H and O–H groups in total. The molecule has 1 unspecified atom stereocenters. The van der Waals surface area contributed by atoms with Gasteiger partial charge in [0.05, 0.1) is 12.2 Å². The molecule has 0 radical (unpaired) electrons. The number of aliphatic imine (C=N–C) groups is 1. The number of hydrogen-bond donors (Lipinski definition) is 1. The molecule has 0 saturated carbocycles. The van der Waals surface area contributed by atoms with Crippen molar-refractivity contribution in [1.29, 1.82) is 0 Å². The molecule has 2 heterocycles. The van der Waals surface area contributed by atoms with Crippen LogP contribution in [-0.2, 0) is 14.3 Å². The van der Waals surface area contributed by atoms with Crippen molar-refractivity contribution < 1.29 is 14.3 Å². The van der Waals surface area contributed by atoms with Crippen LogP contribution in [-0.4, -0.2) is 29.7 Å². The highest BCUT2D eigenvalue weighted by molar-refractivity contribution is 6.01. The molecule has 0 aliphatic carbocycles. The minimum absolute atomic E-state index is 0.0895. The Kier molecular flexibility index (Phi) is 6.91. The molecule has 2 aliphatic rings. The van der Waals surface area contributed by atoms with Gasteiger partial charge in [-0.3, -0.25) is 9.59 Å². The molecule has 0 aromatic carbocycles. The molecule has 1 fully saturated rings. The van der Waals surface area contributed by atoms with Gasteiger partial charge in [-0.15, -0.1) is 0 Å². The highest BCUT2D eigenvalue weighted by Gasteiger charge is 2.29. The van der Waals surface area contributed by atoms with Crippen molar-refractivity contribution in [1.82, 2.24) is 0 Å². The normalized spacial score (nSPS) is 27.7. The number of ketones is 1. The van der Waals surface area contributed by atoms with Gasteiger partial charge >= 0.3 is 0 Å². The van der Waals surface area contributed by atoms with Crippen LogP contribution >= 0.6 is 0 Å². The van der Waals surface area contributed by atoms with Crippen LogP contribution in [0.15, 0.2) is 29.3 Å². The Labute approximate surface area is 144 Å². The monoisotopic (exact) mass is 332 g/mol. The van der Waals surface area contributed by atoms with Gasteiger partial charge in [0.1, 0.15) is 5.84 Å². The predicted octanol–water partition coefficient (Wildman–Crippen LogP) is 2.95. The molecule has 1 amide bonds. The molecular weight excluding hydrogens is 304 g/mol. The fourth-order valence-corrected chi connectivity index (χ4v) is 3.17. The predicted molar refractivity (Wildman–Crippen MR) is 94.6 cm³/mol. The van der Waals surface area contributed by atoms with Gasteiger partial charge in [-0.1, -0.05) is 26.0 Å². The number of amidine groups is 1. The van der Waals surface area contributed by atoms with Gasteiger partial charge in [-0.2, -0.15) is 4.99 Å². The number of carbonyl (C=O) groups is 2. The average molecular weight is 332 g/mol. The first kappa shape index (κ1) is 18.6. The minimum Gasteiger partial charge on any atom is -0.384 e. The van der Waals surface area contributed by atoms with Crippen LogP contribution in [0.25, 0.3) is 0 Å². The molecular formula is C19H28N2O3. The fraction of sp³-hybridized carbons (Fsp3) is 0.632. The average Bonchev–Trinajstić information content (AvgIpc) is 2.86. The Hall–Kier alpha value is -1.75. The lowest BCUT2D eigenvalue weighted by atomic mass is 9.96. The first-order chi connectivity index (χ1) is 11.4. The summed E-state index contributed by atoms with van der Waals surface area (Å²) in [6.07, 6.45) is 12.0. The molecule has 0 aromatic heterocycles. The van der Waals surface area contributed by atoms with E-state index in [1.54, 1.807) is 12.2 Å². The van der Waals surface area contributed by atoms with E-state index in [2.05, 4.69) is 4.99 Å². The molecule has 3 atom stereocenters. The van der Waals surface area contributed by atoms with Crippen molar-refractivity contribution in [2.45, 2.75) is 64.6 Å². The van der Waals surface area contributed by atoms with Crippen LogP contribution in [0.4, 0.5) is 0 Å². The lowest BCUT2D eigenvalue weighted by molar-refractivity contribution is -0.122. The zero-order valence-electron chi connectivity index (χ0n) is 14.6. The van der Waals surface area contributed by atoms with E-state index in [4.69, 9.17) is 10.5 Å². The van der Waals surface area contributed by atoms with E-state index in [0.717, 1.165) is 19.3 Å². The van der Waals surface area contributed by atoms with Crippen LogP contribution in [0.1, 0.15) is 52.4 Å². The van der Waals surface area contributed by atoms with Crippen LogP contribution in [0.5, 0.6) is 0 Å². The molecule has 24 heavy (non-hydrogen) atoms. The van der Waals surface area contributed by atoms with Crippen molar-refractivity contribution in [3.05, 3.63) is 24.3 Å². The van der Waals surface area contributed by atoms with E-state index in [1.165, 1.54) is 0 Å². The van der Waals surface area contributed by atoms with E-state index in [-0.39, 0.29) is 35.7 Å². The van der Waals surface area contributed by atoms with Crippen LogP contribution in [0.2, 0.25) is 0 Å². The van der Waals surface area contributed by atoms with Gasteiger partial charge in [0.25, 0.3) is 5.91 Å². The molecule has 5 heteroatoms. The molecule has 0 bridgehead atoms. The van der Waals surface area contributed by atoms with Gasteiger partial charge < -0.3 is 10.5 Å². The van der Waals surface area contributed by atoms with Crippen LogP contribution in [0.3, 0.4) is 0 Å². The standard InChI is InChI=1S/C19H28N2O3/c1-13(2)11-15(22)6-4-7-16-9-10-17(24-16)12-14-5-3-8-18(20)21-19(14)23/h3-4,6,8,13-14,16-17H,5,7,9-12H2,1-2H3,(H2,20,21,23)/b6-4-/t14?,16-,17-/m1/s1. The molecule has 0 spiro atoms. The van der Waals surface area contributed by atoms with Crippen molar-refractivity contribution in [3.63, 3.8) is 0 Å². The third kappa shape index (κ3) is 6.04. The summed E-state index contributed by atoms with van der Waals surface area (Å²) in [4.78, 5) is 27.5. The summed E-state index contributed by atoms with van der Waals surface area (Å²) in [6.45, 7) is 4.08. The second kappa shape index (κ2) is 8.92. The number of ether oxygens (including phenoxy) is 1. The van der Waals surface area contributed by atoms with Crippen molar-refractivity contribution >= 4 is 17.5 Å². The molecule has 0 aromatic rings. The first-order valence-electron chi connectivity index (χ1n) is 8.83. The Morgan fingerprint density at radius 1 is 1.42 bits per heavy atom. The number of carbonyl (C=O) groups excluding carboxylic acids is 2. The number of hydrogen-bond acceptors (Lipinski definition) is 4. The van der Waals surface area contributed by atoms with Gasteiger partial charge in [0, 0.05) is 12.3 Å². The summed E-state index contributed by atoms with van der Waals surface area (Å²) in [6, 6.07) is 0. The highest BCUT2D eigenvalue weighted by atomic mass is 16.5. The van der Waals surface area contributed by atoms with E-state index >= 15 is 0 Å². The maximum Gasteiger partial charge on any atom is 0.251 e. The van der Waals surface area contributed by atoms with Crippen molar-refractivity contribution in [2.75, 3.05) is 0 Å². The first-order valence-corrected chi connectivity index (χ1v) is 8.83. The third-order valence-electron chi connectivity index (χ3n) is 4.35. The van der Waals surface area contributed by atoms with E-state index in [0.29, 0.717) is 25.2 Å². The van der Waals surface area contributed by atoms with E-state index < -0.39 is 0 Å². The third-order valence-corrected chi connectivity index (χ3v) is 4.35. The maximum atomic E-state index is 12.0. The van der Waals surface area contributed by atoms with E-state index in [1.807, 2.05) is 26.0 Å². The number of amides is 1. The fourth-order valence-electron chi connectivity index (χ4n) is 3.17. The molecule has 2 aliphatic heterocycles. The highest BCUT2D eigenvalue weighted by Crippen LogP contribution is 2.29. The van der Waals surface area contributed by atoms with Crippen molar-refractivity contribution in [3.8, 4) is 0 Å². The Bertz CT molecular complexity index is 549. The van der Waals surface area contributed by atoms with Crippen LogP contribution in [0, 0.1) is 11.8 Å². The maximum absolute atomic E-state index is 12.0. The number of rotatable bonds is 7. The van der Waals surface area contributed by atoms with Gasteiger partial charge in [-0.05, 0) is 50.2 Å². The van der Waals surface area contributed by atoms with Gasteiger partial charge in [0.2, 0.25) is 0 Å². The molecule has 5 nitrogen and oxygen atoms in total. The van der Waals surface area contributed by atoms with E-state index in [9.17, 15) is 9.59 Å². The number of nitrogens with zero attached hydrogens (tertiary/aromatic N) is 1. The lowest BCUT2D eigenvalue weighted by Crippen LogP contribution is -2.21. The quantitative estimate of drug-likeness (QED) is 0.727. The van der Waals surface area contributed by atoms with Gasteiger partial charge in [-0.25, -0.2) is 0 Å². The summed E-state index contributed by atoms with van der Waals surface area (Å²) in [5, 5.41) is 0. The lowest BCUT2D eigenvalue weighted by Gasteiger charge is -2.17. The van der Waals surface area contributed by atoms with Gasteiger partial charge in [0.15, 0.2) is 5.78 Å². The smallest absolute Gasteiger partial charge is 0.251 e. The SMILES string of the molecule is CC(C)CC(=O)/C=C\C[C@@H]1CC[C@H](CC2CC=CC(N)=NC2=O)O1. The molecule has 1 saturated heterocycles. The second-order valence-corrected chi connectivity index (χ2v) is 7.11. The topological polar surface area (TPSA) is 81.8 Å². The Balaban J connectivity index is 1.75. The van der Waals surface area contributed by atoms with Crippen LogP contribution < -0.4 is 5.73 Å². The zero-order valence-corrected chi connectivity index (χ0v) is 14.6. The Morgan fingerprint density at radius 2 is 2.17 bits per heavy atom. The minimum atomic E-state index is -0.149. The zero-order chi connectivity index (χ0) is 17.5. The largest absolute Gasteiger partial charge is 0.384 e. The Morgan fingerprint density at radius 3 is 2.92 bits per heavy atom. The summed E-state index contributed by atoms with van der Waals surface area (Å²) >= 11 is 0. The van der Waals surface area contributed by atoms with Crippen molar-refractivity contribution in [2.24, 2.45) is 22.6 Å². The number of nitrogens with two attached hydrogens (primary N) is 1. The summed E-state index contributed by atoms with van der Waals surface area (Å²) < 4.78 is 6.02. The summed E-state index contributed by atoms with van der Waals surface area (Å²) in [7, 11) is 0. The molecule has 132 valence electrons. The molecule has 2 rings (SSSR count).